The van der Waals surface area contributed by atoms with Gasteiger partial charge in [0, 0.05) is 12.8 Å². The topological polar surface area (TPSA) is 114 Å². The summed E-state index contributed by atoms with van der Waals surface area (Å²) in [6, 6.07) is -0.908. The molecule has 0 saturated heterocycles. The molecule has 0 rings (SSSR count). The van der Waals surface area contributed by atoms with Crippen molar-refractivity contribution in [2.75, 3.05) is 40.9 Å². The van der Waals surface area contributed by atoms with E-state index in [2.05, 4.69) is 99.0 Å². The first kappa shape index (κ1) is 71.2. The maximum absolute atomic E-state index is 13.5. The van der Waals surface area contributed by atoms with Crippen molar-refractivity contribution in [3.8, 4) is 0 Å². The summed E-state index contributed by atoms with van der Waals surface area (Å²) in [5, 5.41) is 3.01. The summed E-state index contributed by atoms with van der Waals surface area (Å²) in [4.78, 5) is 39.9. The quantitative estimate of drug-likeness (QED) is 0.0212. The van der Waals surface area contributed by atoms with Gasteiger partial charge in [-0.2, -0.15) is 0 Å². The first-order valence-corrected chi connectivity index (χ1v) is 31.9. The van der Waals surface area contributed by atoms with Crippen LogP contribution in [0.3, 0.4) is 0 Å². The molecule has 0 heterocycles. The number of carbonyl (C=O) groups is 2. The number of allylic oxidation sites excluding steroid dienone is 13. The van der Waals surface area contributed by atoms with Crippen molar-refractivity contribution in [1.29, 1.82) is 0 Å². The zero-order chi connectivity index (χ0) is 54.3. The summed E-state index contributed by atoms with van der Waals surface area (Å²) in [5.74, 6) is -0.583. The normalized spacial score (nSPS) is 14.3. The number of ether oxygens (including phenoxy) is 1. The van der Waals surface area contributed by atoms with Gasteiger partial charge >= 0.3 is 5.97 Å². The number of amides is 1. The average Bonchev–Trinajstić information content (AvgIpc) is 3.36. The largest absolute Gasteiger partial charge is 0.756 e. The van der Waals surface area contributed by atoms with Gasteiger partial charge in [0.15, 0.2) is 0 Å². The molecule has 0 aromatic carbocycles. The molecule has 0 aliphatic heterocycles. The number of carbonyl (C=O) groups excluding carboxylic acids is 2. The minimum absolute atomic E-state index is 0.0324. The third kappa shape index (κ3) is 54.0. The minimum atomic E-state index is -4.71. The van der Waals surface area contributed by atoms with Gasteiger partial charge in [-0.05, 0) is 109 Å². The maximum Gasteiger partial charge on any atom is 0.306 e. The fourth-order valence-corrected chi connectivity index (χ4v) is 9.02. The standard InChI is InChI=1S/C64H115N2O7P/c1-7-10-13-16-19-22-25-28-30-32-33-35-36-38-41-44-47-50-53-56-63(67)65-61(60-72-74(69,70)71-59-58-66(4,5)6)62(55-52-49-46-43-40-27-24-21-18-15-12-9-3)73-64(68)57-54-51-48-45-42-39-37-34-31-29-26-23-20-17-14-11-8-2/h19-20,22-23,28-31,33,35,37,39,52,55,61-62H,7-18,21,24-27,32,34,36,38,40-51,53-54,56-60H2,1-6H3,(H-,65,67,69,70)/b22-19-,23-20-,30-28-,31-29-,35-33-,39-37-,55-52+. The van der Waals surface area contributed by atoms with E-state index in [9.17, 15) is 19.0 Å². The predicted octanol–water partition coefficient (Wildman–Crippen LogP) is 18.0. The van der Waals surface area contributed by atoms with Crippen LogP contribution in [-0.2, 0) is 27.9 Å². The van der Waals surface area contributed by atoms with Gasteiger partial charge in [-0.1, -0.05) is 222 Å². The Morgan fingerprint density at radius 2 is 0.824 bits per heavy atom. The van der Waals surface area contributed by atoms with E-state index in [-0.39, 0.29) is 24.9 Å². The zero-order valence-electron chi connectivity index (χ0n) is 48.8. The Kier molecular flexibility index (Phi) is 51.5. The molecule has 428 valence electrons. The lowest BCUT2D eigenvalue weighted by atomic mass is 10.0. The summed E-state index contributed by atoms with van der Waals surface area (Å²) < 4.78 is 30.3. The SMILES string of the molecule is CCCCC/C=C\C/C=C\C/C=C\CCCCCCCCC(=O)NC(COP(=O)([O-])OCC[N+](C)(C)C)C(/C=C/CCCCCCCCCCCC)OC(=O)CCCCCC/C=C\C/C=C\C/C=C\CCCCC. The number of quaternary nitrogens is 1. The highest BCUT2D eigenvalue weighted by atomic mass is 31.2. The van der Waals surface area contributed by atoms with E-state index in [1.165, 1.54) is 103 Å². The first-order chi connectivity index (χ1) is 35.9. The van der Waals surface area contributed by atoms with Crippen LogP contribution in [0, 0.1) is 0 Å². The van der Waals surface area contributed by atoms with E-state index in [0.29, 0.717) is 23.9 Å². The molecule has 0 radical (unpaired) electrons. The average molecular weight is 1060 g/mol. The summed E-state index contributed by atoms with van der Waals surface area (Å²) >= 11 is 0. The summed E-state index contributed by atoms with van der Waals surface area (Å²) in [6.45, 7) is 6.76. The van der Waals surface area contributed by atoms with Crippen LogP contribution in [0.5, 0.6) is 0 Å². The molecule has 3 unspecified atom stereocenters. The van der Waals surface area contributed by atoms with Crippen molar-refractivity contribution in [2.45, 2.75) is 270 Å². The van der Waals surface area contributed by atoms with Crippen molar-refractivity contribution in [1.82, 2.24) is 5.32 Å². The second kappa shape index (κ2) is 53.6. The molecule has 0 aromatic heterocycles. The van der Waals surface area contributed by atoms with E-state index in [1.54, 1.807) is 0 Å². The van der Waals surface area contributed by atoms with E-state index in [4.69, 9.17) is 13.8 Å². The molecule has 9 nitrogen and oxygen atoms in total. The van der Waals surface area contributed by atoms with Gasteiger partial charge in [0.2, 0.25) is 5.91 Å². The Morgan fingerprint density at radius 3 is 1.26 bits per heavy atom. The second-order valence-electron chi connectivity index (χ2n) is 21.5. The highest BCUT2D eigenvalue weighted by Crippen LogP contribution is 2.38. The molecular formula is C64H115N2O7P. The summed E-state index contributed by atoms with van der Waals surface area (Å²) in [5.41, 5.74) is 0. The van der Waals surface area contributed by atoms with Gasteiger partial charge < -0.3 is 28.5 Å². The lowest BCUT2D eigenvalue weighted by Crippen LogP contribution is -2.47. The van der Waals surface area contributed by atoms with Crippen molar-refractivity contribution in [2.24, 2.45) is 0 Å². The Morgan fingerprint density at radius 1 is 0.473 bits per heavy atom. The third-order valence-electron chi connectivity index (χ3n) is 13.0. The molecule has 0 aliphatic rings. The van der Waals surface area contributed by atoms with Crippen LogP contribution in [0.1, 0.15) is 258 Å². The lowest BCUT2D eigenvalue weighted by molar-refractivity contribution is -0.870. The van der Waals surface area contributed by atoms with Gasteiger partial charge in [-0.3, -0.25) is 14.2 Å². The van der Waals surface area contributed by atoms with Crippen LogP contribution >= 0.6 is 7.82 Å². The van der Waals surface area contributed by atoms with Gasteiger partial charge in [0.1, 0.15) is 19.3 Å². The molecule has 1 amide bonds. The van der Waals surface area contributed by atoms with E-state index in [0.717, 1.165) is 116 Å². The fourth-order valence-electron chi connectivity index (χ4n) is 8.30. The molecule has 74 heavy (non-hydrogen) atoms. The molecule has 0 bridgehead atoms. The van der Waals surface area contributed by atoms with Crippen LogP contribution in [0.2, 0.25) is 0 Å². The van der Waals surface area contributed by atoms with Gasteiger partial charge in [-0.25, -0.2) is 0 Å². The molecule has 0 fully saturated rings. The number of phosphoric acid groups is 1. The number of esters is 1. The van der Waals surface area contributed by atoms with E-state index < -0.39 is 26.6 Å². The van der Waals surface area contributed by atoms with Crippen LogP contribution in [0.4, 0.5) is 0 Å². The van der Waals surface area contributed by atoms with Crippen LogP contribution in [-0.4, -0.2) is 69.4 Å². The molecule has 1 N–H and O–H groups in total. The van der Waals surface area contributed by atoms with Gasteiger partial charge in [0.25, 0.3) is 7.82 Å². The maximum atomic E-state index is 13.5. The van der Waals surface area contributed by atoms with Crippen molar-refractivity contribution in [3.63, 3.8) is 0 Å². The molecule has 0 spiro atoms. The van der Waals surface area contributed by atoms with Crippen molar-refractivity contribution >= 4 is 19.7 Å². The second-order valence-corrected chi connectivity index (χ2v) is 22.9. The number of nitrogens with one attached hydrogen (secondary N) is 1. The third-order valence-corrected chi connectivity index (χ3v) is 14.0. The number of unbranched alkanes of at least 4 members (excludes halogenated alkanes) is 26. The number of nitrogens with zero attached hydrogens (tertiary/aromatic N) is 1. The highest BCUT2D eigenvalue weighted by molar-refractivity contribution is 7.45. The van der Waals surface area contributed by atoms with Crippen LogP contribution in [0.15, 0.2) is 85.1 Å². The Bertz CT molecular complexity index is 1540. The van der Waals surface area contributed by atoms with E-state index in [1.807, 2.05) is 33.3 Å². The Hall–Kier alpha value is -2.81. The first-order valence-electron chi connectivity index (χ1n) is 30.4. The number of likely N-dealkylation sites (N-methyl/N-ethyl adjacent to an activating group) is 1. The highest BCUT2D eigenvalue weighted by Gasteiger charge is 2.27. The van der Waals surface area contributed by atoms with Crippen molar-refractivity contribution < 1.29 is 37.3 Å². The molecule has 10 heteroatoms. The Labute approximate surface area is 456 Å². The fraction of sp³-hybridized carbons (Fsp3) is 0.750. The van der Waals surface area contributed by atoms with E-state index >= 15 is 0 Å². The number of hydrogen-bond acceptors (Lipinski definition) is 7. The molecular weight excluding hydrogens is 940 g/mol. The summed E-state index contributed by atoms with van der Waals surface area (Å²) in [6.07, 6.45) is 69.7. The molecule has 0 aliphatic carbocycles. The monoisotopic (exact) mass is 1050 g/mol. The molecule has 3 atom stereocenters. The Balaban J connectivity index is 5.36. The smallest absolute Gasteiger partial charge is 0.306 e. The van der Waals surface area contributed by atoms with Gasteiger partial charge in [-0.15, -0.1) is 0 Å². The number of hydrogen-bond donors (Lipinski definition) is 1. The molecule has 0 saturated carbocycles. The summed E-state index contributed by atoms with van der Waals surface area (Å²) in [7, 11) is 1.15. The predicted molar refractivity (Wildman–Crippen MR) is 316 cm³/mol. The van der Waals surface area contributed by atoms with Crippen LogP contribution < -0.4 is 10.2 Å². The number of rotatable bonds is 54. The minimum Gasteiger partial charge on any atom is -0.756 e. The van der Waals surface area contributed by atoms with Crippen LogP contribution in [0.25, 0.3) is 0 Å². The molecule has 0 aromatic rings. The number of phosphoric ester groups is 1. The van der Waals surface area contributed by atoms with Gasteiger partial charge in [0.05, 0.1) is 33.8 Å². The lowest BCUT2D eigenvalue weighted by Gasteiger charge is -2.30. The zero-order valence-corrected chi connectivity index (χ0v) is 49.7. The van der Waals surface area contributed by atoms with Crippen molar-refractivity contribution in [3.05, 3.63) is 85.1 Å².